The summed E-state index contributed by atoms with van der Waals surface area (Å²) in [7, 11) is 0. The van der Waals surface area contributed by atoms with Crippen molar-refractivity contribution in [1.82, 2.24) is 4.57 Å². The van der Waals surface area contributed by atoms with Crippen LogP contribution in [0.15, 0.2) is 36.7 Å². The fraction of sp³-hybridized carbons (Fsp3) is 0.267. The second-order valence-corrected chi connectivity index (χ2v) is 5.63. The molecule has 0 saturated carbocycles. The Kier molecular flexibility index (Phi) is 3.44. The van der Waals surface area contributed by atoms with Crippen LogP contribution in [0.3, 0.4) is 0 Å². The van der Waals surface area contributed by atoms with Crippen LogP contribution in [0, 0.1) is 15.5 Å². The van der Waals surface area contributed by atoms with Crippen molar-refractivity contribution in [2.24, 2.45) is 5.41 Å². The Morgan fingerprint density at radius 2 is 1.95 bits per heavy atom. The molecule has 0 atom stereocenters. The zero-order valence-electron chi connectivity index (χ0n) is 11.7. The Hall–Kier alpha value is -2.43. The zero-order chi connectivity index (χ0) is 14.9. The maximum absolute atomic E-state index is 12.4. The molecule has 0 unspecified atom stereocenters. The molecule has 0 saturated heterocycles. The lowest BCUT2D eigenvalue weighted by molar-refractivity contribution is -0.400. The van der Waals surface area contributed by atoms with Gasteiger partial charge in [-0.1, -0.05) is 39.0 Å². The minimum absolute atomic E-state index is 0.0468. The highest BCUT2D eigenvalue weighted by Gasteiger charge is 2.24. The first-order valence-electron chi connectivity index (χ1n) is 6.27. The van der Waals surface area contributed by atoms with Crippen LogP contribution in [-0.2, 0) is 0 Å². The average molecular weight is 272 g/mol. The van der Waals surface area contributed by atoms with E-state index >= 15 is 0 Å². The molecule has 0 spiro atoms. The number of para-hydroxylation sites is 1. The Balaban J connectivity index is 2.63. The van der Waals surface area contributed by atoms with Crippen molar-refractivity contribution < 1.29 is 9.72 Å². The molecule has 5 nitrogen and oxygen atoms in total. The molecule has 2 rings (SSSR count). The molecule has 5 heteroatoms. The maximum atomic E-state index is 12.4. The van der Waals surface area contributed by atoms with Crippen LogP contribution in [-0.4, -0.2) is 15.4 Å². The van der Waals surface area contributed by atoms with Crippen LogP contribution in [0.1, 0.15) is 31.1 Å². The Morgan fingerprint density at radius 3 is 2.55 bits per heavy atom. The van der Waals surface area contributed by atoms with Crippen molar-refractivity contribution in [1.29, 1.82) is 0 Å². The second-order valence-electron chi connectivity index (χ2n) is 5.63. The topological polar surface area (TPSA) is 65.1 Å². The van der Waals surface area contributed by atoms with E-state index in [-0.39, 0.29) is 5.91 Å². The number of hydrogen-bond donors (Lipinski definition) is 0. The van der Waals surface area contributed by atoms with E-state index in [2.05, 4.69) is 0 Å². The summed E-state index contributed by atoms with van der Waals surface area (Å²) in [6, 6.07) is 7.37. The van der Waals surface area contributed by atoms with Gasteiger partial charge in [-0.2, -0.15) is 0 Å². The molecule has 20 heavy (non-hydrogen) atoms. The largest absolute Gasteiger partial charge is 0.286 e. The first-order chi connectivity index (χ1) is 9.30. The number of benzene rings is 1. The van der Waals surface area contributed by atoms with E-state index in [9.17, 15) is 14.9 Å². The number of nitrogens with zero attached hydrogens (tertiary/aromatic N) is 2. The van der Waals surface area contributed by atoms with Crippen molar-refractivity contribution >= 4 is 22.9 Å². The van der Waals surface area contributed by atoms with Crippen LogP contribution in [0.4, 0.5) is 0 Å². The molecule has 1 aromatic carbocycles. The third kappa shape index (κ3) is 2.61. The summed E-state index contributed by atoms with van der Waals surface area (Å²) in [4.78, 5) is 22.4. The third-order valence-corrected chi connectivity index (χ3v) is 2.98. The van der Waals surface area contributed by atoms with Crippen LogP contribution < -0.4 is 0 Å². The zero-order valence-corrected chi connectivity index (χ0v) is 11.7. The van der Waals surface area contributed by atoms with E-state index in [1.165, 1.54) is 6.08 Å². The standard InChI is InChI=1S/C15H16N2O3/c1-15(2,3)14(18)16-10-11(8-9-17(19)20)12-6-4-5-7-13(12)16/h4-10H,1-3H3/b9-8+. The lowest BCUT2D eigenvalue weighted by Crippen LogP contribution is -2.25. The van der Waals surface area contributed by atoms with Gasteiger partial charge in [-0.25, -0.2) is 0 Å². The SMILES string of the molecule is CC(C)(C)C(=O)n1cc(/C=C/[N+](=O)[O-])c2ccccc21. The number of hydrogen-bond acceptors (Lipinski definition) is 3. The number of rotatable bonds is 2. The van der Waals surface area contributed by atoms with E-state index in [1.807, 2.05) is 45.0 Å². The molecule has 0 N–H and O–H groups in total. The van der Waals surface area contributed by atoms with Gasteiger partial charge in [0.05, 0.1) is 10.4 Å². The summed E-state index contributed by atoms with van der Waals surface area (Å²) in [6.07, 6.45) is 3.95. The summed E-state index contributed by atoms with van der Waals surface area (Å²) in [5.41, 5.74) is 0.900. The molecule has 0 aliphatic heterocycles. The lowest BCUT2D eigenvalue weighted by atomic mass is 9.95. The van der Waals surface area contributed by atoms with Gasteiger partial charge >= 0.3 is 0 Å². The highest BCUT2D eigenvalue weighted by Crippen LogP contribution is 2.26. The fourth-order valence-corrected chi connectivity index (χ4v) is 2.01. The van der Waals surface area contributed by atoms with E-state index in [0.29, 0.717) is 5.56 Å². The number of fused-ring (bicyclic) bond motifs is 1. The van der Waals surface area contributed by atoms with Gasteiger partial charge in [0.15, 0.2) is 0 Å². The minimum atomic E-state index is -0.522. The average Bonchev–Trinajstić information content (AvgIpc) is 2.73. The quantitative estimate of drug-likeness (QED) is 0.620. The summed E-state index contributed by atoms with van der Waals surface area (Å²) in [5, 5.41) is 11.3. The summed E-state index contributed by atoms with van der Waals surface area (Å²) in [5.74, 6) is -0.0468. The van der Waals surface area contributed by atoms with Crippen molar-refractivity contribution in [2.45, 2.75) is 20.8 Å². The van der Waals surface area contributed by atoms with Gasteiger partial charge < -0.3 is 0 Å². The molecular weight excluding hydrogens is 256 g/mol. The first-order valence-corrected chi connectivity index (χ1v) is 6.27. The number of carbonyl (C=O) groups excluding carboxylic acids is 1. The van der Waals surface area contributed by atoms with E-state index in [1.54, 1.807) is 10.8 Å². The Bertz CT molecular complexity index is 705. The first kappa shape index (κ1) is 14.0. The fourth-order valence-electron chi connectivity index (χ4n) is 2.01. The summed E-state index contributed by atoms with van der Waals surface area (Å²) < 4.78 is 1.56. The number of nitro groups is 1. The number of carbonyl (C=O) groups is 1. The van der Waals surface area contributed by atoms with Crippen molar-refractivity contribution in [2.75, 3.05) is 0 Å². The monoisotopic (exact) mass is 272 g/mol. The Labute approximate surface area is 116 Å². The number of aromatic nitrogens is 1. The molecule has 104 valence electrons. The molecule has 1 heterocycles. The van der Waals surface area contributed by atoms with Gasteiger partial charge in [-0.05, 0) is 6.07 Å². The van der Waals surface area contributed by atoms with E-state index < -0.39 is 10.3 Å². The minimum Gasteiger partial charge on any atom is -0.286 e. The van der Waals surface area contributed by atoms with Crippen molar-refractivity contribution in [3.05, 3.63) is 52.3 Å². The van der Waals surface area contributed by atoms with Crippen LogP contribution in [0.25, 0.3) is 17.0 Å². The molecule has 1 aromatic heterocycles. The molecule has 0 fully saturated rings. The lowest BCUT2D eigenvalue weighted by Gasteiger charge is -2.17. The van der Waals surface area contributed by atoms with Gasteiger partial charge in [0.25, 0.3) is 0 Å². The molecule has 0 aliphatic carbocycles. The predicted molar refractivity (Wildman–Crippen MR) is 78.0 cm³/mol. The molecular formula is C15H16N2O3. The van der Waals surface area contributed by atoms with E-state index in [0.717, 1.165) is 17.1 Å². The van der Waals surface area contributed by atoms with Crippen LogP contribution in [0.5, 0.6) is 0 Å². The smallest absolute Gasteiger partial charge is 0.236 e. The maximum Gasteiger partial charge on any atom is 0.236 e. The van der Waals surface area contributed by atoms with Crippen molar-refractivity contribution in [3.8, 4) is 0 Å². The normalized spacial score (nSPS) is 12.2. The summed E-state index contributed by atoms with van der Waals surface area (Å²) >= 11 is 0. The molecule has 0 aliphatic rings. The van der Waals surface area contributed by atoms with Gasteiger partial charge in [0.2, 0.25) is 12.1 Å². The Morgan fingerprint density at radius 1 is 1.30 bits per heavy atom. The predicted octanol–water partition coefficient (Wildman–Crippen LogP) is 3.58. The highest BCUT2D eigenvalue weighted by atomic mass is 16.6. The molecule has 0 amide bonds. The highest BCUT2D eigenvalue weighted by molar-refractivity contribution is 5.98. The van der Waals surface area contributed by atoms with Gasteiger partial charge in [0, 0.05) is 28.6 Å². The van der Waals surface area contributed by atoms with Crippen molar-refractivity contribution in [3.63, 3.8) is 0 Å². The molecule has 2 aromatic rings. The van der Waals surface area contributed by atoms with E-state index in [4.69, 9.17) is 0 Å². The molecule has 0 bridgehead atoms. The molecule has 0 radical (unpaired) electrons. The van der Waals surface area contributed by atoms with Gasteiger partial charge in [-0.15, -0.1) is 0 Å². The third-order valence-electron chi connectivity index (χ3n) is 2.98. The second kappa shape index (κ2) is 4.92. The van der Waals surface area contributed by atoms with Crippen LogP contribution in [0.2, 0.25) is 0 Å². The van der Waals surface area contributed by atoms with Gasteiger partial charge in [-0.3, -0.25) is 19.5 Å². The summed E-state index contributed by atoms with van der Waals surface area (Å²) in [6.45, 7) is 5.53. The van der Waals surface area contributed by atoms with Crippen LogP contribution >= 0.6 is 0 Å². The van der Waals surface area contributed by atoms with Gasteiger partial charge in [0.1, 0.15) is 0 Å².